The molecule has 1 heterocycles. The topological polar surface area (TPSA) is 24.9 Å². The first-order valence-electron chi connectivity index (χ1n) is 7.70. The standard InChI is InChI=1S/C19H17F3N2/c1-13-12-17(23-11-10-14-6-3-2-4-7-14)15-8-5-9-16(18(15)24-13)19(20,21)22/h2-9,12H,10-11H2,1H3,(H,23,24). The van der Waals surface area contributed by atoms with Crippen LogP contribution in [-0.2, 0) is 12.6 Å². The summed E-state index contributed by atoms with van der Waals surface area (Å²) in [6.07, 6.45) is -3.62. The SMILES string of the molecule is Cc1cc(NCCc2ccccc2)c2cccc(C(F)(F)F)c2n1. The molecule has 0 saturated heterocycles. The summed E-state index contributed by atoms with van der Waals surface area (Å²) in [5, 5.41) is 3.74. The number of halogens is 3. The average Bonchev–Trinajstić information content (AvgIpc) is 2.54. The maximum Gasteiger partial charge on any atom is 0.418 e. The number of aryl methyl sites for hydroxylation is 1. The van der Waals surface area contributed by atoms with Gasteiger partial charge in [0.05, 0.1) is 11.1 Å². The fraction of sp³-hybridized carbons (Fsp3) is 0.211. The van der Waals surface area contributed by atoms with E-state index < -0.39 is 11.7 Å². The Bertz CT molecular complexity index is 842. The molecular formula is C19H17F3N2. The molecule has 0 atom stereocenters. The molecular weight excluding hydrogens is 313 g/mol. The Morgan fingerprint density at radius 1 is 1.00 bits per heavy atom. The number of nitrogens with zero attached hydrogens (tertiary/aromatic N) is 1. The second kappa shape index (κ2) is 6.51. The van der Waals surface area contributed by atoms with Crippen LogP contribution in [0.2, 0.25) is 0 Å². The van der Waals surface area contributed by atoms with Crippen LogP contribution in [0.5, 0.6) is 0 Å². The Labute approximate surface area is 138 Å². The number of para-hydroxylation sites is 1. The van der Waals surface area contributed by atoms with Gasteiger partial charge in [0.2, 0.25) is 0 Å². The van der Waals surface area contributed by atoms with Gasteiger partial charge in [-0.2, -0.15) is 13.2 Å². The molecule has 0 aliphatic carbocycles. The zero-order chi connectivity index (χ0) is 17.2. The fourth-order valence-corrected chi connectivity index (χ4v) is 2.74. The molecule has 0 aliphatic heterocycles. The Hall–Kier alpha value is -2.56. The molecule has 1 aromatic heterocycles. The van der Waals surface area contributed by atoms with Crippen LogP contribution in [0.3, 0.4) is 0 Å². The molecule has 0 spiro atoms. The van der Waals surface area contributed by atoms with Crippen LogP contribution in [0.4, 0.5) is 18.9 Å². The molecule has 3 aromatic rings. The van der Waals surface area contributed by atoms with Gasteiger partial charge in [0.15, 0.2) is 0 Å². The van der Waals surface area contributed by atoms with Gasteiger partial charge >= 0.3 is 6.18 Å². The molecule has 0 bridgehead atoms. The maximum atomic E-state index is 13.2. The molecule has 5 heteroatoms. The third-order valence-corrected chi connectivity index (χ3v) is 3.84. The van der Waals surface area contributed by atoms with E-state index in [9.17, 15) is 13.2 Å². The molecule has 1 N–H and O–H groups in total. The normalized spacial score (nSPS) is 11.7. The van der Waals surface area contributed by atoms with Crippen LogP contribution < -0.4 is 5.32 Å². The smallest absolute Gasteiger partial charge is 0.384 e. The first kappa shape index (κ1) is 16.3. The quantitative estimate of drug-likeness (QED) is 0.710. The van der Waals surface area contributed by atoms with E-state index in [0.29, 0.717) is 23.3 Å². The zero-order valence-corrected chi connectivity index (χ0v) is 13.2. The van der Waals surface area contributed by atoms with Gasteiger partial charge in [-0.15, -0.1) is 0 Å². The largest absolute Gasteiger partial charge is 0.418 e. The van der Waals surface area contributed by atoms with E-state index in [0.717, 1.165) is 12.5 Å². The van der Waals surface area contributed by atoms with Crippen molar-refractivity contribution in [3.8, 4) is 0 Å². The number of nitrogens with one attached hydrogen (secondary N) is 1. The molecule has 124 valence electrons. The Morgan fingerprint density at radius 3 is 2.46 bits per heavy atom. The molecule has 0 radical (unpaired) electrons. The second-order valence-corrected chi connectivity index (χ2v) is 5.67. The lowest BCUT2D eigenvalue weighted by molar-refractivity contribution is -0.136. The number of hydrogen-bond donors (Lipinski definition) is 1. The van der Waals surface area contributed by atoms with E-state index >= 15 is 0 Å². The number of alkyl halides is 3. The van der Waals surface area contributed by atoms with Gasteiger partial charge in [0, 0.05) is 23.3 Å². The molecule has 0 unspecified atom stereocenters. The van der Waals surface area contributed by atoms with Gasteiger partial charge in [-0.25, -0.2) is 0 Å². The highest BCUT2D eigenvalue weighted by Crippen LogP contribution is 2.36. The minimum atomic E-state index is -4.42. The third kappa shape index (κ3) is 3.50. The Morgan fingerprint density at radius 2 is 1.75 bits per heavy atom. The first-order valence-corrected chi connectivity index (χ1v) is 7.70. The van der Waals surface area contributed by atoms with Crippen molar-refractivity contribution in [3.63, 3.8) is 0 Å². The van der Waals surface area contributed by atoms with Crippen LogP contribution in [-0.4, -0.2) is 11.5 Å². The summed E-state index contributed by atoms with van der Waals surface area (Å²) >= 11 is 0. The van der Waals surface area contributed by atoms with Gasteiger partial charge in [-0.05, 0) is 31.0 Å². The molecule has 24 heavy (non-hydrogen) atoms. The highest BCUT2D eigenvalue weighted by atomic mass is 19.4. The highest BCUT2D eigenvalue weighted by molar-refractivity contribution is 5.93. The number of benzene rings is 2. The van der Waals surface area contributed by atoms with Gasteiger partial charge in [-0.1, -0.05) is 42.5 Å². The van der Waals surface area contributed by atoms with E-state index in [4.69, 9.17) is 0 Å². The number of anilines is 1. The van der Waals surface area contributed by atoms with Crippen molar-refractivity contribution in [3.05, 3.63) is 71.4 Å². The van der Waals surface area contributed by atoms with E-state index in [1.807, 2.05) is 30.3 Å². The summed E-state index contributed by atoms with van der Waals surface area (Å²) in [7, 11) is 0. The molecule has 0 saturated carbocycles. The molecule has 0 amide bonds. The third-order valence-electron chi connectivity index (χ3n) is 3.84. The molecule has 2 nitrogen and oxygen atoms in total. The van der Waals surface area contributed by atoms with Crippen molar-refractivity contribution < 1.29 is 13.2 Å². The van der Waals surface area contributed by atoms with E-state index in [1.54, 1.807) is 19.1 Å². The van der Waals surface area contributed by atoms with Crippen LogP contribution >= 0.6 is 0 Å². The van der Waals surface area contributed by atoms with Crippen LogP contribution in [0.1, 0.15) is 16.8 Å². The zero-order valence-electron chi connectivity index (χ0n) is 13.2. The van der Waals surface area contributed by atoms with Gasteiger partial charge in [-0.3, -0.25) is 4.98 Å². The van der Waals surface area contributed by atoms with E-state index in [-0.39, 0.29) is 5.52 Å². The van der Waals surface area contributed by atoms with Crippen molar-refractivity contribution in [2.75, 3.05) is 11.9 Å². The van der Waals surface area contributed by atoms with E-state index in [1.165, 1.54) is 11.6 Å². The number of hydrogen-bond acceptors (Lipinski definition) is 2. The number of aromatic nitrogens is 1. The predicted molar refractivity (Wildman–Crippen MR) is 90.1 cm³/mol. The van der Waals surface area contributed by atoms with Crippen LogP contribution in [0.15, 0.2) is 54.6 Å². The van der Waals surface area contributed by atoms with Crippen molar-refractivity contribution >= 4 is 16.6 Å². The second-order valence-electron chi connectivity index (χ2n) is 5.67. The molecule has 0 fully saturated rings. The summed E-state index contributed by atoms with van der Waals surface area (Å²) in [4.78, 5) is 4.11. The monoisotopic (exact) mass is 330 g/mol. The number of rotatable bonds is 4. The van der Waals surface area contributed by atoms with Crippen LogP contribution in [0, 0.1) is 6.92 Å². The van der Waals surface area contributed by atoms with Crippen molar-refractivity contribution in [1.29, 1.82) is 0 Å². The van der Waals surface area contributed by atoms with Crippen LogP contribution in [0.25, 0.3) is 10.9 Å². The maximum absolute atomic E-state index is 13.2. The predicted octanol–water partition coefficient (Wildman–Crippen LogP) is 5.22. The Balaban J connectivity index is 1.90. The lowest BCUT2D eigenvalue weighted by Gasteiger charge is -2.14. The van der Waals surface area contributed by atoms with Gasteiger partial charge in [0.1, 0.15) is 0 Å². The Kier molecular flexibility index (Phi) is 4.42. The lowest BCUT2D eigenvalue weighted by Crippen LogP contribution is -2.09. The number of pyridine rings is 1. The summed E-state index contributed by atoms with van der Waals surface area (Å²) in [6.45, 7) is 2.34. The van der Waals surface area contributed by atoms with Gasteiger partial charge < -0.3 is 5.32 Å². The van der Waals surface area contributed by atoms with Crippen molar-refractivity contribution in [2.24, 2.45) is 0 Å². The van der Waals surface area contributed by atoms with Crippen molar-refractivity contribution in [1.82, 2.24) is 4.98 Å². The number of fused-ring (bicyclic) bond motifs is 1. The first-order chi connectivity index (χ1) is 11.4. The molecule has 3 rings (SSSR count). The highest BCUT2D eigenvalue weighted by Gasteiger charge is 2.33. The minimum Gasteiger partial charge on any atom is -0.384 e. The summed E-state index contributed by atoms with van der Waals surface area (Å²) in [5.74, 6) is 0. The average molecular weight is 330 g/mol. The van der Waals surface area contributed by atoms with Gasteiger partial charge in [0.25, 0.3) is 0 Å². The fourth-order valence-electron chi connectivity index (χ4n) is 2.74. The minimum absolute atomic E-state index is 0.00721. The summed E-state index contributed by atoms with van der Waals surface area (Å²) in [5.41, 5.74) is 1.71. The lowest BCUT2D eigenvalue weighted by atomic mass is 10.1. The van der Waals surface area contributed by atoms with Crippen molar-refractivity contribution in [2.45, 2.75) is 19.5 Å². The summed E-state index contributed by atoms with van der Waals surface area (Å²) < 4.78 is 39.6. The molecule has 2 aromatic carbocycles. The molecule has 0 aliphatic rings. The van der Waals surface area contributed by atoms with E-state index in [2.05, 4.69) is 10.3 Å². The summed E-state index contributed by atoms with van der Waals surface area (Å²) in [6, 6.07) is 15.9.